The standard InChI is InChI=1S/C12H23N3O3/c1-12(2,10(13)14-18)11(17)15-7-4-3-5-9(15)6-8-16/h9,16,18H,3-8H2,1-2H3,(H2,13,14). The van der Waals surface area contributed by atoms with Gasteiger partial charge >= 0.3 is 0 Å². The Balaban J connectivity index is 2.86. The molecular weight excluding hydrogens is 234 g/mol. The molecule has 18 heavy (non-hydrogen) atoms. The molecule has 104 valence electrons. The Morgan fingerprint density at radius 1 is 1.50 bits per heavy atom. The van der Waals surface area contributed by atoms with Gasteiger partial charge in [-0.1, -0.05) is 5.16 Å². The molecule has 6 nitrogen and oxygen atoms in total. The summed E-state index contributed by atoms with van der Waals surface area (Å²) >= 11 is 0. The number of amidine groups is 1. The zero-order valence-electron chi connectivity index (χ0n) is 11.1. The first-order valence-electron chi connectivity index (χ1n) is 6.35. The molecule has 1 amide bonds. The Labute approximate surface area is 107 Å². The van der Waals surface area contributed by atoms with Gasteiger partial charge in [0.1, 0.15) is 5.41 Å². The van der Waals surface area contributed by atoms with Gasteiger partial charge in [0.2, 0.25) is 5.91 Å². The normalized spacial score (nSPS) is 22.1. The molecule has 0 saturated carbocycles. The second-order valence-electron chi connectivity index (χ2n) is 5.27. The molecule has 1 atom stereocenters. The molecule has 0 aromatic carbocycles. The van der Waals surface area contributed by atoms with Gasteiger partial charge in [0.15, 0.2) is 5.84 Å². The van der Waals surface area contributed by atoms with Crippen molar-refractivity contribution in [3.63, 3.8) is 0 Å². The van der Waals surface area contributed by atoms with Crippen LogP contribution in [0, 0.1) is 5.41 Å². The summed E-state index contributed by atoms with van der Waals surface area (Å²) in [5.41, 5.74) is 4.57. The Bertz CT molecular complexity index is 327. The topological polar surface area (TPSA) is 99.2 Å². The number of piperidine rings is 1. The number of rotatable bonds is 4. The molecule has 0 bridgehead atoms. The first-order chi connectivity index (χ1) is 8.45. The molecule has 1 rings (SSSR count). The van der Waals surface area contributed by atoms with E-state index >= 15 is 0 Å². The summed E-state index contributed by atoms with van der Waals surface area (Å²) in [7, 11) is 0. The van der Waals surface area contributed by atoms with Gasteiger partial charge < -0.3 is 20.9 Å². The highest BCUT2D eigenvalue weighted by Crippen LogP contribution is 2.26. The van der Waals surface area contributed by atoms with Crippen molar-refractivity contribution >= 4 is 11.7 Å². The Kier molecular flexibility index (Phi) is 4.95. The zero-order chi connectivity index (χ0) is 13.8. The van der Waals surface area contributed by atoms with E-state index in [4.69, 9.17) is 16.0 Å². The van der Waals surface area contributed by atoms with Crippen LogP contribution < -0.4 is 5.73 Å². The second-order valence-corrected chi connectivity index (χ2v) is 5.27. The van der Waals surface area contributed by atoms with E-state index in [1.807, 2.05) is 0 Å². The summed E-state index contributed by atoms with van der Waals surface area (Å²) in [6.45, 7) is 4.04. The van der Waals surface area contributed by atoms with Crippen molar-refractivity contribution < 1.29 is 15.1 Å². The largest absolute Gasteiger partial charge is 0.409 e. The number of carbonyl (C=O) groups excluding carboxylic acids is 1. The van der Waals surface area contributed by atoms with Crippen LogP contribution in [-0.4, -0.2) is 46.1 Å². The van der Waals surface area contributed by atoms with Crippen molar-refractivity contribution in [3.05, 3.63) is 0 Å². The van der Waals surface area contributed by atoms with Crippen LogP contribution in [-0.2, 0) is 4.79 Å². The van der Waals surface area contributed by atoms with E-state index in [9.17, 15) is 4.79 Å². The molecule has 1 saturated heterocycles. The maximum absolute atomic E-state index is 12.5. The smallest absolute Gasteiger partial charge is 0.236 e. The molecule has 1 aliphatic rings. The number of aliphatic hydroxyl groups is 1. The number of nitrogens with two attached hydrogens (primary N) is 1. The van der Waals surface area contributed by atoms with Gasteiger partial charge in [-0.05, 0) is 39.5 Å². The minimum Gasteiger partial charge on any atom is -0.409 e. The van der Waals surface area contributed by atoms with Gasteiger partial charge in [-0.2, -0.15) is 0 Å². The molecule has 0 aromatic rings. The Hall–Kier alpha value is -1.30. The van der Waals surface area contributed by atoms with E-state index in [1.165, 1.54) is 0 Å². The molecule has 1 fully saturated rings. The quantitative estimate of drug-likeness (QED) is 0.296. The number of nitrogens with zero attached hydrogens (tertiary/aromatic N) is 2. The Morgan fingerprint density at radius 3 is 2.72 bits per heavy atom. The number of oxime groups is 1. The van der Waals surface area contributed by atoms with Crippen LogP contribution in [0.1, 0.15) is 39.5 Å². The predicted molar refractivity (Wildman–Crippen MR) is 68.2 cm³/mol. The average molecular weight is 257 g/mol. The highest BCUT2D eigenvalue weighted by Gasteiger charge is 2.39. The first kappa shape index (κ1) is 14.8. The maximum atomic E-state index is 12.5. The number of aliphatic hydroxyl groups excluding tert-OH is 1. The number of carbonyl (C=O) groups is 1. The van der Waals surface area contributed by atoms with Crippen LogP contribution in [0.3, 0.4) is 0 Å². The molecule has 6 heteroatoms. The fourth-order valence-electron chi connectivity index (χ4n) is 2.31. The van der Waals surface area contributed by atoms with Crippen LogP contribution in [0.5, 0.6) is 0 Å². The monoisotopic (exact) mass is 257 g/mol. The van der Waals surface area contributed by atoms with Crippen molar-refractivity contribution in [2.75, 3.05) is 13.2 Å². The van der Waals surface area contributed by atoms with Crippen molar-refractivity contribution in [2.24, 2.45) is 16.3 Å². The van der Waals surface area contributed by atoms with Gasteiger partial charge in [-0.15, -0.1) is 0 Å². The van der Waals surface area contributed by atoms with Crippen LogP contribution in [0.15, 0.2) is 5.16 Å². The number of hydrogen-bond donors (Lipinski definition) is 3. The molecule has 1 unspecified atom stereocenters. The van der Waals surface area contributed by atoms with E-state index in [1.54, 1.807) is 18.7 Å². The van der Waals surface area contributed by atoms with Gasteiger partial charge in [0.05, 0.1) is 0 Å². The highest BCUT2D eigenvalue weighted by atomic mass is 16.4. The van der Waals surface area contributed by atoms with Crippen molar-refractivity contribution in [3.8, 4) is 0 Å². The zero-order valence-corrected chi connectivity index (χ0v) is 11.1. The second kappa shape index (κ2) is 6.04. The van der Waals surface area contributed by atoms with Crippen molar-refractivity contribution in [1.29, 1.82) is 0 Å². The van der Waals surface area contributed by atoms with Crippen LogP contribution in [0.2, 0.25) is 0 Å². The lowest BCUT2D eigenvalue weighted by Crippen LogP contribution is -2.53. The molecule has 0 spiro atoms. The maximum Gasteiger partial charge on any atom is 0.236 e. The summed E-state index contributed by atoms with van der Waals surface area (Å²) in [4.78, 5) is 14.2. The summed E-state index contributed by atoms with van der Waals surface area (Å²) in [5, 5.41) is 20.7. The van der Waals surface area contributed by atoms with Gasteiger partial charge in [0.25, 0.3) is 0 Å². The molecule has 0 aromatic heterocycles. The third-order valence-corrected chi connectivity index (χ3v) is 3.63. The minimum atomic E-state index is -1.01. The van der Waals surface area contributed by atoms with E-state index in [0.717, 1.165) is 19.3 Å². The molecule has 4 N–H and O–H groups in total. The third-order valence-electron chi connectivity index (χ3n) is 3.63. The summed E-state index contributed by atoms with van der Waals surface area (Å²) in [5.74, 6) is -0.225. The number of amides is 1. The lowest BCUT2D eigenvalue weighted by atomic mass is 9.87. The van der Waals surface area contributed by atoms with E-state index < -0.39 is 5.41 Å². The Morgan fingerprint density at radius 2 is 2.17 bits per heavy atom. The molecular formula is C12H23N3O3. The average Bonchev–Trinajstić information content (AvgIpc) is 2.37. The van der Waals surface area contributed by atoms with Crippen molar-refractivity contribution in [1.82, 2.24) is 4.90 Å². The van der Waals surface area contributed by atoms with Gasteiger partial charge in [0, 0.05) is 19.2 Å². The molecule has 1 heterocycles. The molecule has 0 radical (unpaired) electrons. The third kappa shape index (κ3) is 2.93. The summed E-state index contributed by atoms with van der Waals surface area (Å²) in [6.07, 6.45) is 3.51. The van der Waals surface area contributed by atoms with Gasteiger partial charge in [-0.3, -0.25) is 4.79 Å². The minimum absolute atomic E-state index is 0.0574. The molecule has 1 aliphatic heterocycles. The number of hydrogen-bond acceptors (Lipinski definition) is 4. The van der Waals surface area contributed by atoms with E-state index in [-0.39, 0.29) is 24.4 Å². The van der Waals surface area contributed by atoms with Crippen LogP contribution in [0.4, 0.5) is 0 Å². The lowest BCUT2D eigenvalue weighted by Gasteiger charge is -2.39. The SMILES string of the molecule is CC(C)(C(=O)N1CCCCC1CCO)C(N)=NO. The molecule has 0 aliphatic carbocycles. The lowest BCUT2D eigenvalue weighted by molar-refractivity contribution is -0.141. The summed E-state index contributed by atoms with van der Waals surface area (Å²) in [6, 6.07) is 0.0574. The predicted octanol–water partition coefficient (Wildman–Crippen LogP) is 0.523. The van der Waals surface area contributed by atoms with Crippen LogP contribution in [0.25, 0.3) is 0 Å². The highest BCUT2D eigenvalue weighted by molar-refractivity contribution is 6.06. The fourth-order valence-corrected chi connectivity index (χ4v) is 2.31. The van der Waals surface area contributed by atoms with Crippen molar-refractivity contribution in [2.45, 2.75) is 45.6 Å². The first-order valence-corrected chi connectivity index (χ1v) is 6.35. The van der Waals surface area contributed by atoms with Crippen LogP contribution >= 0.6 is 0 Å². The summed E-state index contributed by atoms with van der Waals surface area (Å²) < 4.78 is 0. The van der Waals surface area contributed by atoms with E-state index in [0.29, 0.717) is 13.0 Å². The fraction of sp³-hybridized carbons (Fsp3) is 0.833. The number of likely N-dealkylation sites (tertiary alicyclic amines) is 1. The van der Waals surface area contributed by atoms with Gasteiger partial charge in [-0.25, -0.2) is 0 Å². The van der Waals surface area contributed by atoms with E-state index in [2.05, 4.69) is 5.16 Å².